The minimum Gasteiger partial charge on any atom is -0.398 e. The van der Waals surface area contributed by atoms with Crippen LogP contribution in [0.4, 0.5) is 11.4 Å². The van der Waals surface area contributed by atoms with Crippen LogP contribution in [0.1, 0.15) is 20.7 Å². The molecule has 0 spiro atoms. The summed E-state index contributed by atoms with van der Waals surface area (Å²) in [6.07, 6.45) is 0. The standard InChI is InChI=1S/C14H7Cl3N2O2/c15-7-4-9(17)11(5-8(7)16)19-13(20)6-2-1-3-10(18)12(6)14(19)21/h1-5H,18H2. The highest BCUT2D eigenvalue weighted by Crippen LogP contribution is 2.39. The van der Waals surface area contributed by atoms with E-state index < -0.39 is 11.8 Å². The molecule has 0 aliphatic carbocycles. The molecule has 1 heterocycles. The van der Waals surface area contributed by atoms with Crippen molar-refractivity contribution in [1.29, 1.82) is 0 Å². The van der Waals surface area contributed by atoms with Gasteiger partial charge in [-0.2, -0.15) is 0 Å². The van der Waals surface area contributed by atoms with Gasteiger partial charge in [0.05, 0.1) is 31.9 Å². The maximum absolute atomic E-state index is 12.5. The van der Waals surface area contributed by atoms with Gasteiger partial charge in [-0.1, -0.05) is 40.9 Å². The zero-order valence-corrected chi connectivity index (χ0v) is 12.6. The zero-order chi connectivity index (χ0) is 15.3. The van der Waals surface area contributed by atoms with Gasteiger partial charge >= 0.3 is 0 Å². The summed E-state index contributed by atoms with van der Waals surface area (Å²) in [5.74, 6) is -1.03. The fourth-order valence-electron chi connectivity index (χ4n) is 2.21. The second-order valence-electron chi connectivity index (χ2n) is 4.43. The summed E-state index contributed by atoms with van der Waals surface area (Å²) in [7, 11) is 0. The topological polar surface area (TPSA) is 63.4 Å². The number of rotatable bonds is 1. The van der Waals surface area contributed by atoms with E-state index in [4.69, 9.17) is 40.5 Å². The van der Waals surface area contributed by atoms with Crippen molar-refractivity contribution in [3.8, 4) is 0 Å². The highest BCUT2D eigenvalue weighted by molar-refractivity contribution is 6.45. The molecular weight excluding hydrogens is 335 g/mol. The lowest BCUT2D eigenvalue weighted by Gasteiger charge is -2.16. The molecule has 2 N–H and O–H groups in total. The molecule has 0 unspecified atom stereocenters. The summed E-state index contributed by atoms with van der Waals surface area (Å²) >= 11 is 17.9. The molecule has 21 heavy (non-hydrogen) atoms. The number of nitrogens with zero attached hydrogens (tertiary/aromatic N) is 1. The smallest absolute Gasteiger partial charge is 0.268 e. The monoisotopic (exact) mass is 340 g/mol. The predicted molar refractivity (Wildman–Crippen MR) is 83.5 cm³/mol. The summed E-state index contributed by atoms with van der Waals surface area (Å²) in [6, 6.07) is 7.47. The Labute approximate surface area is 135 Å². The Morgan fingerprint density at radius 1 is 0.905 bits per heavy atom. The average Bonchev–Trinajstić information content (AvgIpc) is 2.68. The van der Waals surface area contributed by atoms with Crippen LogP contribution in [0, 0.1) is 0 Å². The van der Waals surface area contributed by atoms with Crippen molar-refractivity contribution >= 4 is 58.0 Å². The van der Waals surface area contributed by atoms with Gasteiger partial charge in [0.15, 0.2) is 0 Å². The molecule has 2 aromatic carbocycles. The van der Waals surface area contributed by atoms with Crippen LogP contribution in [-0.2, 0) is 0 Å². The number of hydrogen-bond acceptors (Lipinski definition) is 3. The Balaban J connectivity index is 2.19. The molecule has 1 aliphatic rings. The van der Waals surface area contributed by atoms with Crippen LogP contribution in [-0.4, -0.2) is 11.8 Å². The molecule has 0 bridgehead atoms. The van der Waals surface area contributed by atoms with Crippen molar-refractivity contribution in [2.75, 3.05) is 10.6 Å². The Hall–Kier alpha value is -1.75. The van der Waals surface area contributed by atoms with Gasteiger partial charge in [-0.05, 0) is 24.3 Å². The van der Waals surface area contributed by atoms with Crippen molar-refractivity contribution in [2.24, 2.45) is 0 Å². The maximum Gasteiger partial charge on any atom is 0.268 e. The number of fused-ring (bicyclic) bond motifs is 1. The molecule has 7 heteroatoms. The van der Waals surface area contributed by atoms with E-state index >= 15 is 0 Å². The molecule has 0 radical (unpaired) electrons. The highest BCUT2D eigenvalue weighted by atomic mass is 35.5. The van der Waals surface area contributed by atoms with E-state index in [1.807, 2.05) is 0 Å². The Bertz CT molecular complexity index is 805. The Morgan fingerprint density at radius 2 is 1.57 bits per heavy atom. The summed E-state index contributed by atoms with van der Waals surface area (Å²) in [6.45, 7) is 0. The molecule has 2 aromatic rings. The quantitative estimate of drug-likeness (QED) is 0.484. The third-order valence-corrected chi connectivity index (χ3v) is 4.20. The zero-order valence-electron chi connectivity index (χ0n) is 10.4. The van der Waals surface area contributed by atoms with Crippen LogP contribution in [0.25, 0.3) is 0 Å². The SMILES string of the molecule is Nc1cccc2c1C(=O)N(c1cc(Cl)c(Cl)cc1Cl)C2=O. The summed E-state index contributed by atoms with van der Waals surface area (Å²) in [4.78, 5) is 25.8. The molecule has 0 fully saturated rings. The van der Waals surface area contributed by atoms with Gasteiger partial charge in [0.1, 0.15) is 0 Å². The second-order valence-corrected chi connectivity index (χ2v) is 5.65. The van der Waals surface area contributed by atoms with E-state index in [0.717, 1.165) is 4.90 Å². The molecule has 0 saturated heterocycles. The lowest BCUT2D eigenvalue weighted by molar-refractivity contribution is 0.0926. The molecule has 106 valence electrons. The van der Waals surface area contributed by atoms with Gasteiger partial charge < -0.3 is 5.73 Å². The van der Waals surface area contributed by atoms with Crippen LogP contribution in [0.15, 0.2) is 30.3 Å². The molecule has 4 nitrogen and oxygen atoms in total. The number of imide groups is 1. The molecule has 2 amide bonds. The van der Waals surface area contributed by atoms with Crippen molar-refractivity contribution in [1.82, 2.24) is 0 Å². The maximum atomic E-state index is 12.5. The first-order valence-corrected chi connectivity index (χ1v) is 6.97. The van der Waals surface area contributed by atoms with E-state index in [2.05, 4.69) is 0 Å². The van der Waals surface area contributed by atoms with Crippen LogP contribution in [0.2, 0.25) is 15.1 Å². The lowest BCUT2D eigenvalue weighted by Crippen LogP contribution is -2.29. The van der Waals surface area contributed by atoms with Crippen LogP contribution < -0.4 is 10.6 Å². The van der Waals surface area contributed by atoms with Gasteiger partial charge in [-0.15, -0.1) is 0 Å². The number of carbonyl (C=O) groups is 2. The number of amides is 2. The molecule has 0 atom stereocenters. The summed E-state index contributed by atoms with van der Waals surface area (Å²) < 4.78 is 0. The minimum absolute atomic E-state index is 0.150. The fraction of sp³-hybridized carbons (Fsp3) is 0. The van der Waals surface area contributed by atoms with Gasteiger partial charge in [-0.3, -0.25) is 9.59 Å². The second kappa shape index (κ2) is 4.91. The molecular formula is C14H7Cl3N2O2. The van der Waals surface area contributed by atoms with Gasteiger partial charge in [0.2, 0.25) is 0 Å². The molecule has 0 saturated carbocycles. The van der Waals surface area contributed by atoms with Gasteiger partial charge in [0, 0.05) is 5.69 Å². The van der Waals surface area contributed by atoms with E-state index in [-0.39, 0.29) is 37.6 Å². The first-order valence-electron chi connectivity index (χ1n) is 5.83. The Morgan fingerprint density at radius 3 is 2.24 bits per heavy atom. The number of nitrogen functional groups attached to an aromatic ring is 1. The van der Waals surface area contributed by atoms with Crippen LogP contribution in [0.3, 0.4) is 0 Å². The number of carbonyl (C=O) groups excluding carboxylic acids is 2. The van der Waals surface area contributed by atoms with E-state index in [9.17, 15) is 9.59 Å². The van der Waals surface area contributed by atoms with Crippen molar-refractivity contribution in [3.63, 3.8) is 0 Å². The first-order chi connectivity index (χ1) is 9.91. The van der Waals surface area contributed by atoms with Gasteiger partial charge in [0.25, 0.3) is 11.8 Å². The third kappa shape index (κ3) is 2.07. The largest absolute Gasteiger partial charge is 0.398 e. The lowest BCUT2D eigenvalue weighted by atomic mass is 10.1. The van der Waals surface area contributed by atoms with Gasteiger partial charge in [-0.25, -0.2) is 4.90 Å². The van der Waals surface area contributed by atoms with Crippen molar-refractivity contribution in [3.05, 3.63) is 56.5 Å². The summed E-state index contributed by atoms with van der Waals surface area (Å²) in [5.41, 5.74) is 6.60. The fourth-order valence-corrected chi connectivity index (χ4v) is 2.84. The number of anilines is 2. The normalized spacial score (nSPS) is 13.8. The number of benzene rings is 2. The number of halogens is 3. The van der Waals surface area contributed by atoms with Crippen molar-refractivity contribution < 1.29 is 9.59 Å². The first kappa shape index (κ1) is 14.2. The molecule has 0 aromatic heterocycles. The number of hydrogen-bond donors (Lipinski definition) is 1. The van der Waals surface area contributed by atoms with E-state index in [1.165, 1.54) is 18.2 Å². The highest BCUT2D eigenvalue weighted by Gasteiger charge is 2.39. The minimum atomic E-state index is -0.534. The van der Waals surface area contributed by atoms with E-state index in [1.54, 1.807) is 12.1 Å². The van der Waals surface area contributed by atoms with Crippen molar-refractivity contribution in [2.45, 2.75) is 0 Å². The van der Waals surface area contributed by atoms with Crippen LogP contribution in [0.5, 0.6) is 0 Å². The molecule has 1 aliphatic heterocycles. The van der Waals surface area contributed by atoms with Crippen LogP contribution >= 0.6 is 34.8 Å². The number of nitrogens with two attached hydrogens (primary N) is 1. The van der Waals surface area contributed by atoms with E-state index in [0.29, 0.717) is 0 Å². The predicted octanol–water partition coefficient (Wildman–Crippen LogP) is 4.03. The average molecular weight is 342 g/mol. The Kier molecular flexibility index (Phi) is 3.32. The molecule has 3 rings (SSSR count). The summed E-state index contributed by atoms with van der Waals surface area (Å²) in [5, 5.41) is 0.583. The third-order valence-electron chi connectivity index (χ3n) is 3.18.